The fraction of sp³-hybridized carbons (Fsp3) is 0.469. The zero-order valence-electron chi connectivity index (χ0n) is 25.4. The lowest BCUT2D eigenvalue weighted by Gasteiger charge is -2.29. The summed E-state index contributed by atoms with van der Waals surface area (Å²) >= 11 is 7.78. The minimum absolute atomic E-state index is 0.0276. The van der Waals surface area contributed by atoms with Crippen LogP contribution in [0.4, 0.5) is 4.79 Å². The summed E-state index contributed by atoms with van der Waals surface area (Å²) in [5.41, 5.74) is 1.95. The third-order valence-corrected chi connectivity index (χ3v) is 8.55. The first-order valence-corrected chi connectivity index (χ1v) is 16.4. The monoisotopic (exact) mass is 704 g/mol. The van der Waals surface area contributed by atoms with Crippen LogP contribution < -0.4 is 16.0 Å². The van der Waals surface area contributed by atoms with E-state index < -0.39 is 47.9 Å². The highest BCUT2D eigenvalue weighted by atomic mass is 79.9. The molecular formula is C32H41BrN4O7S. The summed E-state index contributed by atoms with van der Waals surface area (Å²) in [4.78, 5) is 65.8. The van der Waals surface area contributed by atoms with Gasteiger partial charge in [0.05, 0.1) is 6.61 Å². The fourth-order valence-corrected chi connectivity index (χ4v) is 5.79. The number of carboxylic acids is 1. The molecule has 1 saturated heterocycles. The molecule has 2 aromatic carbocycles. The average molecular weight is 706 g/mol. The molecule has 4 amide bonds. The van der Waals surface area contributed by atoms with Gasteiger partial charge in [-0.25, -0.2) is 4.79 Å². The minimum Gasteiger partial charge on any atom is -0.481 e. The maximum absolute atomic E-state index is 13.9. The first kappa shape index (κ1) is 35.9. The second-order valence-corrected chi connectivity index (χ2v) is 12.6. The van der Waals surface area contributed by atoms with E-state index >= 15 is 0 Å². The van der Waals surface area contributed by atoms with E-state index in [1.54, 1.807) is 0 Å². The number of hydrogen-bond acceptors (Lipinski definition) is 7. The van der Waals surface area contributed by atoms with Crippen LogP contribution in [-0.4, -0.2) is 83.4 Å². The Morgan fingerprint density at radius 2 is 1.71 bits per heavy atom. The molecule has 244 valence electrons. The molecule has 11 nitrogen and oxygen atoms in total. The molecule has 13 heteroatoms. The second-order valence-electron chi connectivity index (χ2n) is 11.3. The van der Waals surface area contributed by atoms with E-state index in [0.29, 0.717) is 13.0 Å². The Morgan fingerprint density at radius 1 is 1.02 bits per heavy atom. The standard InChI is InChI=1S/C32H41BrN4O7S/c1-20(2)18-44-32(43)36-25(12-13-28(38)39)31(42)37-17-23(21-8-4-3-5-9-21)16-27(37)30(41)35-26(19-45)29(40)34-15-14-22-10-6-7-11-24(22)33/h3-11,20,23,25-27,45H,12-19H2,1-2H3,(H,34,40)(H,35,41)(H,36,43)(H,38,39)/t23-,25+,26+,27+/m1/s1. The molecule has 4 atom stereocenters. The number of thiol groups is 1. The van der Waals surface area contributed by atoms with Gasteiger partial charge < -0.3 is 30.7 Å². The number of rotatable bonds is 15. The zero-order valence-corrected chi connectivity index (χ0v) is 27.9. The van der Waals surface area contributed by atoms with Crippen LogP contribution in [0.15, 0.2) is 59.1 Å². The first-order valence-electron chi connectivity index (χ1n) is 14.9. The zero-order chi connectivity index (χ0) is 32.9. The van der Waals surface area contributed by atoms with Gasteiger partial charge in [0.15, 0.2) is 0 Å². The minimum atomic E-state index is -1.23. The molecule has 0 radical (unpaired) electrons. The molecule has 0 saturated carbocycles. The summed E-state index contributed by atoms with van der Waals surface area (Å²) in [6, 6.07) is 13.9. The van der Waals surface area contributed by atoms with Crippen molar-refractivity contribution in [3.8, 4) is 0 Å². The van der Waals surface area contributed by atoms with E-state index in [0.717, 1.165) is 15.6 Å². The van der Waals surface area contributed by atoms with Gasteiger partial charge in [-0.15, -0.1) is 0 Å². The van der Waals surface area contributed by atoms with E-state index in [9.17, 15) is 29.1 Å². The number of halogens is 1. The van der Waals surface area contributed by atoms with Crippen LogP contribution in [0.2, 0.25) is 0 Å². The maximum Gasteiger partial charge on any atom is 0.407 e. The number of carbonyl (C=O) groups is 5. The van der Waals surface area contributed by atoms with Crippen molar-refractivity contribution >= 4 is 58.3 Å². The maximum atomic E-state index is 13.9. The van der Waals surface area contributed by atoms with Crippen LogP contribution in [0.25, 0.3) is 0 Å². The van der Waals surface area contributed by atoms with Crippen LogP contribution >= 0.6 is 28.6 Å². The van der Waals surface area contributed by atoms with Gasteiger partial charge >= 0.3 is 12.1 Å². The van der Waals surface area contributed by atoms with Gasteiger partial charge in [0.2, 0.25) is 17.7 Å². The highest BCUT2D eigenvalue weighted by Crippen LogP contribution is 2.33. The highest BCUT2D eigenvalue weighted by molar-refractivity contribution is 9.10. The number of nitrogens with one attached hydrogen (secondary N) is 3. The quantitative estimate of drug-likeness (QED) is 0.178. The van der Waals surface area contributed by atoms with Crippen LogP contribution in [0.3, 0.4) is 0 Å². The van der Waals surface area contributed by atoms with Gasteiger partial charge in [0.25, 0.3) is 0 Å². The molecule has 0 aromatic heterocycles. The van der Waals surface area contributed by atoms with Crippen LogP contribution in [0.1, 0.15) is 50.2 Å². The number of nitrogens with zero attached hydrogens (tertiary/aromatic N) is 1. The number of carbonyl (C=O) groups excluding carboxylic acids is 4. The number of aliphatic carboxylic acids is 1. The Kier molecular flexibility index (Phi) is 14.2. The highest BCUT2D eigenvalue weighted by Gasteiger charge is 2.43. The molecule has 1 heterocycles. The van der Waals surface area contributed by atoms with Crippen molar-refractivity contribution in [3.63, 3.8) is 0 Å². The average Bonchev–Trinajstić information content (AvgIpc) is 3.47. The summed E-state index contributed by atoms with van der Waals surface area (Å²) in [5, 5.41) is 17.4. The molecule has 0 aliphatic carbocycles. The van der Waals surface area contributed by atoms with Gasteiger partial charge in [0, 0.05) is 35.7 Å². The van der Waals surface area contributed by atoms with Gasteiger partial charge in [-0.1, -0.05) is 78.3 Å². The fourth-order valence-electron chi connectivity index (χ4n) is 5.05. The largest absolute Gasteiger partial charge is 0.481 e. The van der Waals surface area contributed by atoms with Crippen molar-refractivity contribution in [3.05, 3.63) is 70.2 Å². The van der Waals surface area contributed by atoms with Crippen molar-refractivity contribution < 1.29 is 33.8 Å². The number of amides is 4. The number of likely N-dealkylation sites (tertiary alicyclic amines) is 1. The summed E-state index contributed by atoms with van der Waals surface area (Å²) in [5.74, 6) is -2.80. The number of hydrogen-bond donors (Lipinski definition) is 5. The topological polar surface area (TPSA) is 154 Å². The normalized spacial score (nSPS) is 17.3. The number of alkyl carbamates (subject to hydrolysis) is 1. The molecule has 45 heavy (non-hydrogen) atoms. The van der Waals surface area contributed by atoms with E-state index in [2.05, 4.69) is 44.5 Å². The number of carboxylic acid groups (broad SMARTS) is 1. The molecule has 4 N–H and O–H groups in total. The van der Waals surface area contributed by atoms with Crippen LogP contribution in [-0.2, 0) is 30.3 Å². The van der Waals surface area contributed by atoms with Crippen molar-refractivity contribution in [2.45, 2.75) is 63.6 Å². The Hall–Kier alpha value is -3.58. The molecule has 2 aromatic rings. The molecule has 0 unspecified atom stereocenters. The third-order valence-electron chi connectivity index (χ3n) is 7.41. The molecule has 0 bridgehead atoms. The molecule has 3 rings (SSSR count). The first-order chi connectivity index (χ1) is 21.5. The smallest absolute Gasteiger partial charge is 0.407 e. The SMILES string of the molecule is CC(C)COC(=O)N[C@@H](CCC(=O)O)C(=O)N1C[C@H](c2ccccc2)C[C@H]1C(=O)N[C@@H](CS)C(=O)NCCc1ccccc1Br. The van der Waals surface area contributed by atoms with Crippen molar-refractivity contribution in [1.29, 1.82) is 0 Å². The third kappa shape index (κ3) is 11.1. The van der Waals surface area contributed by atoms with Crippen LogP contribution in [0, 0.1) is 5.92 Å². The van der Waals surface area contributed by atoms with E-state index in [4.69, 9.17) is 4.74 Å². The van der Waals surface area contributed by atoms with Crippen molar-refractivity contribution in [1.82, 2.24) is 20.9 Å². The van der Waals surface area contributed by atoms with Gasteiger partial charge in [0.1, 0.15) is 18.1 Å². The van der Waals surface area contributed by atoms with E-state index in [1.807, 2.05) is 68.4 Å². The van der Waals surface area contributed by atoms with Crippen LogP contribution in [0.5, 0.6) is 0 Å². The lowest BCUT2D eigenvalue weighted by atomic mass is 9.96. The number of benzene rings is 2. The van der Waals surface area contributed by atoms with Crippen molar-refractivity contribution in [2.24, 2.45) is 5.92 Å². The Morgan fingerprint density at radius 3 is 2.36 bits per heavy atom. The molecule has 1 aliphatic heterocycles. The second kappa shape index (κ2) is 17.8. The van der Waals surface area contributed by atoms with Gasteiger partial charge in [-0.2, -0.15) is 12.6 Å². The van der Waals surface area contributed by atoms with E-state index in [1.165, 1.54) is 4.90 Å². The Bertz CT molecular complexity index is 1330. The lowest BCUT2D eigenvalue weighted by Crippen LogP contribution is -2.56. The molecule has 1 aliphatic rings. The molecular weight excluding hydrogens is 664 g/mol. The summed E-state index contributed by atoms with van der Waals surface area (Å²) in [6.45, 7) is 4.34. The lowest BCUT2D eigenvalue weighted by molar-refractivity contribution is -0.141. The summed E-state index contributed by atoms with van der Waals surface area (Å²) < 4.78 is 6.11. The number of ether oxygens (including phenoxy) is 1. The summed E-state index contributed by atoms with van der Waals surface area (Å²) in [7, 11) is 0. The summed E-state index contributed by atoms with van der Waals surface area (Å²) in [6.07, 6.45) is -0.565. The molecule has 0 spiro atoms. The molecule has 1 fully saturated rings. The van der Waals surface area contributed by atoms with Gasteiger partial charge in [-0.3, -0.25) is 19.2 Å². The van der Waals surface area contributed by atoms with E-state index in [-0.39, 0.29) is 50.0 Å². The Balaban J connectivity index is 1.76. The Labute approximate surface area is 277 Å². The van der Waals surface area contributed by atoms with Crippen molar-refractivity contribution in [2.75, 3.05) is 25.4 Å². The predicted molar refractivity (Wildman–Crippen MR) is 176 cm³/mol. The van der Waals surface area contributed by atoms with Gasteiger partial charge in [-0.05, 0) is 42.4 Å². The predicted octanol–water partition coefficient (Wildman–Crippen LogP) is 3.52.